The van der Waals surface area contributed by atoms with Crippen LogP contribution < -0.4 is 14.4 Å². The molecule has 174 valence electrons. The zero-order chi connectivity index (χ0) is 24.0. The fourth-order valence-corrected chi connectivity index (χ4v) is 5.04. The number of amides is 1. The van der Waals surface area contributed by atoms with E-state index < -0.39 is 15.9 Å². The maximum absolute atomic E-state index is 13.5. The van der Waals surface area contributed by atoms with E-state index in [4.69, 9.17) is 4.74 Å². The molecule has 0 radical (unpaired) electrons. The van der Waals surface area contributed by atoms with Crippen LogP contribution in [0.4, 0.5) is 5.69 Å². The molecule has 0 aliphatic carbocycles. The molecule has 3 aromatic rings. The number of anilines is 1. The lowest BCUT2D eigenvalue weighted by molar-refractivity contribution is -0.120. The SMILES string of the molecule is CCOc1ccc([C@@H](C)NC(=O)CN(c2cccc(C)c2C)S(=O)(=O)c2ccccc2)cc1. The summed E-state index contributed by atoms with van der Waals surface area (Å²) < 4.78 is 33.7. The highest BCUT2D eigenvalue weighted by molar-refractivity contribution is 7.92. The molecule has 0 saturated heterocycles. The van der Waals surface area contributed by atoms with Gasteiger partial charge in [-0.1, -0.05) is 42.5 Å². The van der Waals surface area contributed by atoms with Crippen molar-refractivity contribution in [1.29, 1.82) is 0 Å². The summed E-state index contributed by atoms with van der Waals surface area (Å²) in [6.07, 6.45) is 0. The van der Waals surface area contributed by atoms with Crippen LogP contribution in [0.25, 0.3) is 0 Å². The van der Waals surface area contributed by atoms with Crippen molar-refractivity contribution in [2.75, 3.05) is 17.5 Å². The number of rotatable bonds is 9. The molecule has 0 spiro atoms. The third-order valence-corrected chi connectivity index (χ3v) is 7.31. The molecule has 33 heavy (non-hydrogen) atoms. The number of hydrogen-bond acceptors (Lipinski definition) is 4. The van der Waals surface area contributed by atoms with Gasteiger partial charge in [0.2, 0.25) is 5.91 Å². The van der Waals surface area contributed by atoms with E-state index in [1.54, 1.807) is 30.3 Å². The van der Waals surface area contributed by atoms with Crippen LogP contribution in [0.2, 0.25) is 0 Å². The first-order valence-electron chi connectivity index (χ1n) is 10.9. The van der Waals surface area contributed by atoms with Crippen LogP contribution in [0.3, 0.4) is 0 Å². The lowest BCUT2D eigenvalue weighted by Gasteiger charge is -2.27. The summed E-state index contributed by atoms with van der Waals surface area (Å²) in [6, 6.07) is 20.8. The molecule has 0 unspecified atom stereocenters. The normalized spacial score (nSPS) is 12.1. The Kier molecular flexibility index (Phi) is 7.76. The van der Waals surface area contributed by atoms with Gasteiger partial charge in [-0.05, 0) is 74.7 Å². The van der Waals surface area contributed by atoms with E-state index in [2.05, 4.69) is 5.32 Å². The van der Waals surface area contributed by atoms with Crippen LogP contribution in [-0.2, 0) is 14.8 Å². The van der Waals surface area contributed by atoms with Gasteiger partial charge >= 0.3 is 0 Å². The highest BCUT2D eigenvalue weighted by atomic mass is 32.2. The number of ether oxygens (including phenoxy) is 1. The van der Waals surface area contributed by atoms with Gasteiger partial charge in [-0.2, -0.15) is 0 Å². The summed E-state index contributed by atoms with van der Waals surface area (Å²) in [4.78, 5) is 13.1. The monoisotopic (exact) mass is 466 g/mol. The standard InChI is InChI=1S/C26H30N2O4S/c1-5-32-23-16-14-22(15-17-23)21(4)27-26(29)18-28(25-13-9-10-19(2)20(25)3)33(30,31)24-11-7-6-8-12-24/h6-17,21H,5,18H2,1-4H3,(H,27,29)/t21-/m1/s1. The topological polar surface area (TPSA) is 75.7 Å². The highest BCUT2D eigenvalue weighted by Gasteiger charge is 2.28. The van der Waals surface area contributed by atoms with Crippen molar-refractivity contribution in [2.45, 2.75) is 38.6 Å². The van der Waals surface area contributed by atoms with Gasteiger partial charge < -0.3 is 10.1 Å². The van der Waals surface area contributed by atoms with Crippen molar-refractivity contribution >= 4 is 21.6 Å². The smallest absolute Gasteiger partial charge is 0.264 e. The second-order valence-electron chi connectivity index (χ2n) is 7.84. The maximum atomic E-state index is 13.5. The van der Waals surface area contributed by atoms with E-state index in [1.165, 1.54) is 16.4 Å². The van der Waals surface area contributed by atoms with Crippen molar-refractivity contribution in [3.05, 3.63) is 89.5 Å². The van der Waals surface area contributed by atoms with Gasteiger partial charge in [0.05, 0.1) is 23.2 Å². The minimum Gasteiger partial charge on any atom is -0.494 e. The van der Waals surface area contributed by atoms with Gasteiger partial charge in [-0.3, -0.25) is 9.10 Å². The van der Waals surface area contributed by atoms with E-state index in [1.807, 2.05) is 58.0 Å². The minimum atomic E-state index is -3.94. The fraction of sp³-hybridized carbons (Fsp3) is 0.269. The van der Waals surface area contributed by atoms with Crippen molar-refractivity contribution in [3.8, 4) is 5.75 Å². The Morgan fingerprint density at radius 3 is 2.27 bits per heavy atom. The van der Waals surface area contributed by atoms with E-state index >= 15 is 0 Å². The Morgan fingerprint density at radius 1 is 0.970 bits per heavy atom. The first kappa shape index (κ1) is 24.3. The average Bonchev–Trinajstić information content (AvgIpc) is 2.80. The zero-order valence-electron chi connectivity index (χ0n) is 19.4. The Balaban J connectivity index is 1.87. The van der Waals surface area contributed by atoms with Gasteiger partial charge in [0.25, 0.3) is 10.0 Å². The molecular formula is C26H30N2O4S. The number of hydrogen-bond donors (Lipinski definition) is 1. The van der Waals surface area contributed by atoms with E-state index in [-0.39, 0.29) is 17.5 Å². The maximum Gasteiger partial charge on any atom is 0.264 e. The van der Waals surface area contributed by atoms with Crippen molar-refractivity contribution in [2.24, 2.45) is 0 Å². The molecule has 3 aromatic carbocycles. The Labute approximate surface area is 196 Å². The fourth-order valence-electron chi connectivity index (χ4n) is 3.55. The van der Waals surface area contributed by atoms with Crippen molar-refractivity contribution in [1.82, 2.24) is 5.32 Å². The molecule has 1 atom stereocenters. The predicted molar refractivity (Wildman–Crippen MR) is 131 cm³/mol. The molecule has 0 aromatic heterocycles. The van der Waals surface area contributed by atoms with Gasteiger partial charge in [-0.15, -0.1) is 0 Å². The van der Waals surface area contributed by atoms with Gasteiger partial charge in [0.15, 0.2) is 0 Å². The summed E-state index contributed by atoms with van der Waals surface area (Å²) >= 11 is 0. The van der Waals surface area contributed by atoms with Gasteiger partial charge in [0, 0.05) is 0 Å². The third-order valence-electron chi connectivity index (χ3n) is 5.53. The first-order chi connectivity index (χ1) is 15.7. The number of nitrogens with zero attached hydrogens (tertiary/aromatic N) is 1. The van der Waals surface area contributed by atoms with Crippen LogP contribution in [-0.4, -0.2) is 27.5 Å². The van der Waals surface area contributed by atoms with Crippen LogP contribution in [0, 0.1) is 13.8 Å². The molecule has 0 bridgehead atoms. The second kappa shape index (κ2) is 10.5. The largest absolute Gasteiger partial charge is 0.494 e. The molecule has 0 saturated carbocycles. The number of benzene rings is 3. The molecule has 0 fully saturated rings. The van der Waals surface area contributed by atoms with E-state index in [9.17, 15) is 13.2 Å². The van der Waals surface area contributed by atoms with Crippen molar-refractivity contribution in [3.63, 3.8) is 0 Å². The molecular weight excluding hydrogens is 436 g/mol. The molecule has 1 N–H and O–H groups in total. The molecule has 0 heterocycles. The summed E-state index contributed by atoms with van der Waals surface area (Å²) in [5.74, 6) is 0.367. The summed E-state index contributed by atoms with van der Waals surface area (Å²) in [7, 11) is -3.94. The van der Waals surface area contributed by atoms with Crippen molar-refractivity contribution < 1.29 is 17.9 Å². The van der Waals surface area contributed by atoms with Crippen LogP contribution >= 0.6 is 0 Å². The lowest BCUT2D eigenvalue weighted by atomic mass is 10.1. The van der Waals surface area contributed by atoms with Gasteiger partial charge in [0.1, 0.15) is 12.3 Å². The summed E-state index contributed by atoms with van der Waals surface area (Å²) in [5, 5.41) is 2.92. The minimum absolute atomic E-state index is 0.137. The molecule has 0 aliphatic rings. The van der Waals surface area contributed by atoms with Crippen LogP contribution in [0.5, 0.6) is 5.75 Å². The zero-order valence-corrected chi connectivity index (χ0v) is 20.2. The van der Waals surface area contributed by atoms with E-state index in [0.717, 1.165) is 22.4 Å². The number of carbonyl (C=O) groups is 1. The van der Waals surface area contributed by atoms with Crippen LogP contribution in [0.1, 0.15) is 36.6 Å². The third kappa shape index (κ3) is 5.73. The van der Waals surface area contributed by atoms with E-state index in [0.29, 0.717) is 12.3 Å². The van der Waals surface area contributed by atoms with Gasteiger partial charge in [-0.25, -0.2) is 8.42 Å². The molecule has 0 aliphatic heterocycles. The Hall–Kier alpha value is -3.32. The number of sulfonamides is 1. The summed E-state index contributed by atoms with van der Waals surface area (Å²) in [5.41, 5.74) is 3.15. The highest BCUT2D eigenvalue weighted by Crippen LogP contribution is 2.28. The number of nitrogens with one attached hydrogen (secondary N) is 1. The molecule has 1 amide bonds. The molecule has 3 rings (SSSR count). The lowest BCUT2D eigenvalue weighted by Crippen LogP contribution is -2.42. The average molecular weight is 467 g/mol. The summed E-state index contributed by atoms with van der Waals surface area (Å²) in [6.45, 7) is 7.81. The molecule has 7 heteroatoms. The number of aryl methyl sites for hydroxylation is 1. The Bertz CT molecular complexity index is 1190. The quantitative estimate of drug-likeness (QED) is 0.493. The number of carbonyl (C=O) groups excluding carboxylic acids is 1. The first-order valence-corrected chi connectivity index (χ1v) is 12.3. The van der Waals surface area contributed by atoms with Crippen LogP contribution in [0.15, 0.2) is 77.7 Å². The molecule has 6 nitrogen and oxygen atoms in total. The second-order valence-corrected chi connectivity index (χ2v) is 9.70. The Morgan fingerprint density at radius 2 is 1.64 bits per heavy atom. The predicted octanol–water partition coefficient (Wildman–Crippen LogP) is 4.77.